The number of hydrogen-bond donors (Lipinski definition) is 1. The number of halogens is 2. The molecule has 1 aromatic heterocycles. The van der Waals surface area contributed by atoms with Crippen molar-refractivity contribution in [2.24, 2.45) is 7.05 Å². The molecule has 2 aromatic rings. The Labute approximate surface area is 139 Å². The third kappa shape index (κ3) is 3.47. The number of nitrogens with one attached hydrogen (secondary N) is 1. The monoisotopic (exact) mass is 336 g/mol. The van der Waals surface area contributed by atoms with Gasteiger partial charge in [0.15, 0.2) is 0 Å². The lowest BCUT2D eigenvalue weighted by molar-refractivity contribution is 0.205. The van der Waals surface area contributed by atoms with Crippen molar-refractivity contribution in [2.45, 2.75) is 32.4 Å². The summed E-state index contributed by atoms with van der Waals surface area (Å²) in [6.45, 7) is 1.98. The van der Waals surface area contributed by atoms with Crippen molar-refractivity contribution in [2.75, 3.05) is 5.32 Å². The van der Waals surface area contributed by atoms with Crippen molar-refractivity contribution >= 4 is 23.3 Å². The molecule has 2 amide bonds. The molecule has 3 rings (SSSR count). The van der Waals surface area contributed by atoms with Gasteiger partial charge in [-0.25, -0.2) is 9.18 Å². The number of aryl methyl sites for hydroxylation is 2. The molecule has 1 heterocycles. The van der Waals surface area contributed by atoms with Crippen molar-refractivity contribution in [1.82, 2.24) is 14.7 Å². The maximum absolute atomic E-state index is 14.0. The van der Waals surface area contributed by atoms with E-state index in [4.69, 9.17) is 11.6 Å². The highest BCUT2D eigenvalue weighted by Crippen LogP contribution is 2.31. The van der Waals surface area contributed by atoms with E-state index in [2.05, 4.69) is 10.4 Å². The second kappa shape index (κ2) is 6.20. The van der Waals surface area contributed by atoms with Crippen LogP contribution in [0.2, 0.25) is 5.02 Å². The number of benzene rings is 1. The number of rotatable bonds is 4. The Morgan fingerprint density at radius 3 is 2.83 bits per heavy atom. The van der Waals surface area contributed by atoms with E-state index in [1.165, 1.54) is 6.07 Å². The van der Waals surface area contributed by atoms with Gasteiger partial charge in [-0.3, -0.25) is 4.68 Å². The van der Waals surface area contributed by atoms with Crippen LogP contribution in [0, 0.1) is 12.7 Å². The lowest BCUT2D eigenvalue weighted by atomic mass is 10.2. The lowest BCUT2D eigenvalue weighted by Gasteiger charge is -2.23. The van der Waals surface area contributed by atoms with Gasteiger partial charge in [0.1, 0.15) is 5.82 Å². The lowest BCUT2D eigenvalue weighted by Crippen LogP contribution is -2.36. The van der Waals surface area contributed by atoms with Crippen molar-refractivity contribution in [1.29, 1.82) is 0 Å². The zero-order chi connectivity index (χ0) is 16.6. The molecule has 23 heavy (non-hydrogen) atoms. The molecule has 0 bridgehead atoms. The van der Waals surface area contributed by atoms with Gasteiger partial charge in [-0.2, -0.15) is 5.10 Å². The highest BCUT2D eigenvalue weighted by Gasteiger charge is 2.33. The highest BCUT2D eigenvalue weighted by atomic mass is 35.5. The second-order valence-corrected chi connectivity index (χ2v) is 6.20. The van der Waals surface area contributed by atoms with Crippen LogP contribution in [0.25, 0.3) is 0 Å². The summed E-state index contributed by atoms with van der Waals surface area (Å²) >= 11 is 6.08. The Hall–Kier alpha value is -2.08. The molecule has 5 nitrogen and oxygen atoms in total. The average molecular weight is 337 g/mol. The largest absolute Gasteiger partial charge is 0.322 e. The van der Waals surface area contributed by atoms with Crippen LogP contribution in [0.3, 0.4) is 0 Å². The summed E-state index contributed by atoms with van der Waals surface area (Å²) in [5.41, 5.74) is 1.74. The Bertz CT molecular complexity index is 721. The molecule has 0 unspecified atom stereocenters. The van der Waals surface area contributed by atoms with Gasteiger partial charge >= 0.3 is 6.03 Å². The first-order valence-corrected chi connectivity index (χ1v) is 7.84. The van der Waals surface area contributed by atoms with Gasteiger partial charge < -0.3 is 10.2 Å². The number of carbonyl (C=O) groups excluding carboxylic acids is 1. The molecule has 7 heteroatoms. The molecule has 1 saturated carbocycles. The first kappa shape index (κ1) is 15.8. The Morgan fingerprint density at radius 1 is 1.52 bits per heavy atom. The molecule has 1 aliphatic carbocycles. The summed E-state index contributed by atoms with van der Waals surface area (Å²) in [6, 6.07) is 4.41. The number of amides is 2. The fourth-order valence-electron chi connectivity index (χ4n) is 2.52. The second-order valence-electron chi connectivity index (χ2n) is 5.79. The van der Waals surface area contributed by atoms with Crippen LogP contribution in [0.5, 0.6) is 0 Å². The molecule has 0 spiro atoms. The molecule has 122 valence electrons. The summed E-state index contributed by atoms with van der Waals surface area (Å²) in [4.78, 5) is 14.2. The first-order chi connectivity index (χ1) is 11.0. The number of aromatic nitrogens is 2. The topological polar surface area (TPSA) is 50.2 Å². The van der Waals surface area contributed by atoms with Crippen molar-refractivity contribution < 1.29 is 9.18 Å². The van der Waals surface area contributed by atoms with Gasteiger partial charge in [0.05, 0.1) is 17.9 Å². The molecule has 1 aliphatic rings. The van der Waals surface area contributed by atoms with E-state index in [1.807, 2.05) is 6.92 Å². The van der Waals surface area contributed by atoms with Crippen LogP contribution in [-0.2, 0) is 13.6 Å². The molecular weight excluding hydrogens is 319 g/mol. The fraction of sp³-hybridized carbons (Fsp3) is 0.375. The van der Waals surface area contributed by atoms with Crippen LogP contribution in [-0.4, -0.2) is 26.8 Å². The van der Waals surface area contributed by atoms with E-state index in [9.17, 15) is 9.18 Å². The Morgan fingerprint density at radius 2 is 2.26 bits per heavy atom. The summed E-state index contributed by atoms with van der Waals surface area (Å²) in [7, 11) is 1.79. The zero-order valence-electron chi connectivity index (χ0n) is 13.0. The van der Waals surface area contributed by atoms with E-state index in [-0.39, 0.29) is 18.6 Å². The molecule has 0 atom stereocenters. The van der Waals surface area contributed by atoms with Gasteiger partial charge in [-0.05, 0) is 31.9 Å². The zero-order valence-corrected chi connectivity index (χ0v) is 13.8. The first-order valence-electron chi connectivity index (χ1n) is 7.46. The Balaban J connectivity index is 1.79. The van der Waals surface area contributed by atoms with Crippen LogP contribution >= 0.6 is 11.6 Å². The fourth-order valence-corrected chi connectivity index (χ4v) is 2.74. The minimum Gasteiger partial charge on any atom is -0.317 e. The molecular formula is C16H18ClFN4O. The van der Waals surface area contributed by atoms with Crippen molar-refractivity contribution in [3.05, 3.63) is 46.5 Å². The molecule has 0 saturated heterocycles. The van der Waals surface area contributed by atoms with E-state index in [0.717, 1.165) is 18.5 Å². The summed E-state index contributed by atoms with van der Waals surface area (Å²) < 4.78 is 15.6. The minimum atomic E-state index is -0.395. The third-order valence-electron chi connectivity index (χ3n) is 3.89. The number of nitrogens with zero attached hydrogens (tertiary/aromatic N) is 3. The van der Waals surface area contributed by atoms with Crippen molar-refractivity contribution in [3.63, 3.8) is 0 Å². The molecule has 0 radical (unpaired) electrons. The van der Waals surface area contributed by atoms with Gasteiger partial charge in [0.25, 0.3) is 0 Å². The van der Waals surface area contributed by atoms with Crippen LogP contribution in [0.15, 0.2) is 24.4 Å². The highest BCUT2D eigenvalue weighted by molar-refractivity contribution is 6.31. The van der Waals surface area contributed by atoms with Crippen LogP contribution in [0.1, 0.15) is 24.1 Å². The van der Waals surface area contributed by atoms with Gasteiger partial charge in [-0.15, -0.1) is 0 Å². The van der Waals surface area contributed by atoms with Crippen molar-refractivity contribution in [3.8, 4) is 0 Å². The van der Waals surface area contributed by atoms with Gasteiger partial charge in [-0.1, -0.05) is 17.7 Å². The van der Waals surface area contributed by atoms with E-state index < -0.39 is 5.82 Å². The number of anilines is 1. The van der Waals surface area contributed by atoms with Crippen LogP contribution < -0.4 is 5.32 Å². The molecule has 1 N–H and O–H groups in total. The number of urea groups is 1. The average Bonchev–Trinajstić information content (AvgIpc) is 3.25. The quantitative estimate of drug-likeness (QED) is 0.925. The van der Waals surface area contributed by atoms with E-state index in [1.54, 1.807) is 35.0 Å². The normalized spacial score (nSPS) is 13.9. The number of hydrogen-bond acceptors (Lipinski definition) is 2. The minimum absolute atomic E-state index is 0.127. The predicted octanol–water partition coefficient (Wildman–Crippen LogP) is 3.72. The maximum Gasteiger partial charge on any atom is 0.322 e. The molecule has 1 aromatic carbocycles. The summed E-state index contributed by atoms with van der Waals surface area (Å²) in [5.74, 6) is -0.395. The number of carbonyl (C=O) groups is 1. The van der Waals surface area contributed by atoms with E-state index in [0.29, 0.717) is 16.3 Å². The maximum atomic E-state index is 14.0. The third-order valence-corrected chi connectivity index (χ3v) is 4.25. The van der Waals surface area contributed by atoms with Crippen LogP contribution in [0.4, 0.5) is 14.9 Å². The Kier molecular flexibility index (Phi) is 4.26. The molecule has 0 aliphatic heterocycles. The smallest absolute Gasteiger partial charge is 0.317 e. The van der Waals surface area contributed by atoms with Gasteiger partial charge in [0, 0.05) is 29.9 Å². The summed E-state index contributed by atoms with van der Waals surface area (Å²) in [6.07, 6.45) is 3.59. The van der Waals surface area contributed by atoms with E-state index >= 15 is 0 Å². The van der Waals surface area contributed by atoms with Gasteiger partial charge in [0.2, 0.25) is 0 Å². The predicted molar refractivity (Wildman–Crippen MR) is 86.9 cm³/mol. The SMILES string of the molecule is Cc1nn(C)cc1NC(=O)N(Cc1c(F)cccc1Cl)C1CC1. The standard InChI is InChI=1S/C16H18ClFN4O/c1-10-15(9-21(2)20-10)19-16(23)22(11-6-7-11)8-12-13(17)4-3-5-14(12)18/h3-5,9,11H,6-8H2,1-2H3,(H,19,23). The molecule has 1 fully saturated rings. The summed E-state index contributed by atoms with van der Waals surface area (Å²) in [5, 5.41) is 7.38.